The Labute approximate surface area is 73.2 Å². The van der Waals surface area contributed by atoms with Gasteiger partial charge in [0.2, 0.25) is 0 Å². The van der Waals surface area contributed by atoms with E-state index in [1.807, 2.05) is 20.8 Å². The molecule has 2 N–H and O–H groups in total. The lowest BCUT2D eigenvalue weighted by atomic mass is 9.87. The molecule has 0 spiro atoms. The highest BCUT2D eigenvalue weighted by atomic mass is 31.2. The Hall–Kier alpha value is 0.110. The largest absolute Gasteiger partial charge is 0.469 e. The molecule has 4 nitrogen and oxygen atoms in total. The first-order valence-electron chi connectivity index (χ1n) is 3.97. The van der Waals surface area contributed by atoms with Crippen LogP contribution in [0.15, 0.2) is 0 Å². The van der Waals surface area contributed by atoms with Crippen molar-refractivity contribution in [3.8, 4) is 0 Å². The molecule has 0 rings (SSSR count). The fraction of sp³-hybridized carbons (Fsp3) is 1.00. The van der Waals surface area contributed by atoms with Crippen LogP contribution < -0.4 is 0 Å². The van der Waals surface area contributed by atoms with Crippen molar-refractivity contribution in [3.63, 3.8) is 0 Å². The summed E-state index contributed by atoms with van der Waals surface area (Å²) >= 11 is 0. The van der Waals surface area contributed by atoms with E-state index in [1.54, 1.807) is 0 Å². The molecule has 0 saturated carbocycles. The molecule has 12 heavy (non-hydrogen) atoms. The first-order chi connectivity index (χ1) is 5.27. The molecule has 0 amide bonds. The maximum atomic E-state index is 10.3. The van der Waals surface area contributed by atoms with Crippen LogP contribution in [0.4, 0.5) is 0 Å². The zero-order chi connectivity index (χ0) is 9.83. The van der Waals surface area contributed by atoms with E-state index < -0.39 is 7.82 Å². The Bertz CT molecular complexity index is 172. The molecule has 0 saturated heterocycles. The van der Waals surface area contributed by atoms with Gasteiger partial charge in [-0.2, -0.15) is 0 Å². The fourth-order valence-corrected chi connectivity index (χ4v) is 0.947. The van der Waals surface area contributed by atoms with Crippen LogP contribution in [0.3, 0.4) is 0 Å². The van der Waals surface area contributed by atoms with E-state index in [9.17, 15) is 4.57 Å². The predicted octanol–water partition coefficient (Wildman–Crippen LogP) is 1.92. The van der Waals surface area contributed by atoms with Gasteiger partial charge in [-0.25, -0.2) is 4.57 Å². The van der Waals surface area contributed by atoms with Gasteiger partial charge >= 0.3 is 7.82 Å². The molecule has 0 radical (unpaired) electrons. The summed E-state index contributed by atoms with van der Waals surface area (Å²) in [5, 5.41) is 0. The highest BCUT2D eigenvalue weighted by molar-refractivity contribution is 7.46. The Morgan fingerprint density at radius 1 is 1.42 bits per heavy atom. The summed E-state index contributed by atoms with van der Waals surface area (Å²) in [6.07, 6.45) is 1.63. The standard InChI is InChI=1S/C7H17O4P/c1-4-7(2,3)5-6-11-12(8,9)10/h4-6H2,1-3H3,(H2,8,9,10). The summed E-state index contributed by atoms with van der Waals surface area (Å²) in [4.78, 5) is 16.8. The highest BCUT2D eigenvalue weighted by Crippen LogP contribution is 2.37. The highest BCUT2D eigenvalue weighted by Gasteiger charge is 2.18. The number of hydrogen-bond acceptors (Lipinski definition) is 2. The normalized spacial score (nSPS) is 13.4. The van der Waals surface area contributed by atoms with Gasteiger partial charge in [-0.3, -0.25) is 4.52 Å². The van der Waals surface area contributed by atoms with Crippen molar-refractivity contribution in [2.45, 2.75) is 33.6 Å². The maximum absolute atomic E-state index is 10.3. The van der Waals surface area contributed by atoms with E-state index >= 15 is 0 Å². The van der Waals surface area contributed by atoms with Crippen molar-refractivity contribution in [2.24, 2.45) is 5.41 Å². The second-order valence-electron chi connectivity index (χ2n) is 3.59. The van der Waals surface area contributed by atoms with Crippen LogP contribution in [0.25, 0.3) is 0 Å². The smallest absolute Gasteiger partial charge is 0.303 e. The third-order valence-corrected chi connectivity index (χ3v) is 2.51. The lowest BCUT2D eigenvalue weighted by Gasteiger charge is -2.21. The average molecular weight is 196 g/mol. The van der Waals surface area contributed by atoms with Crippen LogP contribution in [0.1, 0.15) is 33.6 Å². The van der Waals surface area contributed by atoms with Gasteiger partial charge in [0.1, 0.15) is 0 Å². The molecule has 0 aromatic carbocycles. The third kappa shape index (κ3) is 6.80. The fourth-order valence-electron chi connectivity index (χ4n) is 0.618. The Morgan fingerprint density at radius 2 is 1.92 bits per heavy atom. The topological polar surface area (TPSA) is 66.8 Å². The van der Waals surface area contributed by atoms with Crippen molar-refractivity contribution >= 4 is 7.82 Å². The van der Waals surface area contributed by atoms with Crippen LogP contribution in [-0.2, 0) is 9.09 Å². The molecule has 0 aliphatic carbocycles. The zero-order valence-electron chi connectivity index (χ0n) is 7.78. The molecular weight excluding hydrogens is 179 g/mol. The van der Waals surface area contributed by atoms with Crippen LogP contribution in [0.2, 0.25) is 0 Å². The first-order valence-corrected chi connectivity index (χ1v) is 5.50. The van der Waals surface area contributed by atoms with Gasteiger partial charge in [-0.1, -0.05) is 27.2 Å². The van der Waals surface area contributed by atoms with Crippen molar-refractivity contribution in [3.05, 3.63) is 0 Å². The molecule has 74 valence electrons. The maximum Gasteiger partial charge on any atom is 0.469 e. The van der Waals surface area contributed by atoms with Gasteiger partial charge < -0.3 is 9.79 Å². The second-order valence-corrected chi connectivity index (χ2v) is 4.83. The van der Waals surface area contributed by atoms with Gasteiger partial charge in [-0.05, 0) is 11.8 Å². The Balaban J connectivity index is 3.64. The van der Waals surface area contributed by atoms with Crippen molar-refractivity contribution in [2.75, 3.05) is 6.61 Å². The third-order valence-electron chi connectivity index (χ3n) is 2.00. The minimum atomic E-state index is -4.26. The summed E-state index contributed by atoms with van der Waals surface area (Å²) in [6, 6.07) is 0. The number of phosphoric ester groups is 1. The van der Waals surface area contributed by atoms with E-state index in [-0.39, 0.29) is 12.0 Å². The van der Waals surface area contributed by atoms with Crippen LogP contribution in [0.5, 0.6) is 0 Å². The predicted molar refractivity (Wildman–Crippen MR) is 46.7 cm³/mol. The van der Waals surface area contributed by atoms with E-state index in [2.05, 4.69) is 4.52 Å². The second kappa shape index (κ2) is 4.38. The molecule has 0 fully saturated rings. The van der Waals surface area contributed by atoms with Crippen LogP contribution >= 0.6 is 7.82 Å². The van der Waals surface area contributed by atoms with Gasteiger partial charge in [0.05, 0.1) is 6.61 Å². The average Bonchev–Trinajstić information content (AvgIpc) is 1.84. The molecular formula is C7H17O4P. The minimum absolute atomic E-state index is 0.0924. The minimum Gasteiger partial charge on any atom is -0.303 e. The monoisotopic (exact) mass is 196 g/mol. The molecule has 0 aliphatic rings. The summed E-state index contributed by atoms with van der Waals surface area (Å²) in [5.74, 6) is 0. The van der Waals surface area contributed by atoms with Gasteiger partial charge in [0.25, 0.3) is 0 Å². The molecule has 0 aromatic rings. The summed E-state index contributed by atoms with van der Waals surface area (Å²) in [5.41, 5.74) is 0.0924. The molecule has 0 unspecified atom stereocenters. The summed E-state index contributed by atoms with van der Waals surface area (Å²) < 4.78 is 14.6. The molecule has 0 aromatic heterocycles. The molecule has 0 aliphatic heterocycles. The summed E-state index contributed by atoms with van der Waals surface area (Å²) in [7, 11) is -4.26. The first kappa shape index (κ1) is 12.1. The molecule has 0 heterocycles. The number of rotatable bonds is 5. The van der Waals surface area contributed by atoms with Crippen LogP contribution in [-0.4, -0.2) is 16.4 Å². The van der Waals surface area contributed by atoms with E-state index in [1.165, 1.54) is 0 Å². The van der Waals surface area contributed by atoms with E-state index in [4.69, 9.17) is 9.79 Å². The lowest BCUT2D eigenvalue weighted by Crippen LogP contribution is -2.12. The number of phosphoric acid groups is 1. The van der Waals surface area contributed by atoms with E-state index in [0.717, 1.165) is 6.42 Å². The number of hydrogen-bond donors (Lipinski definition) is 2. The SMILES string of the molecule is CCC(C)(C)CCOP(=O)(O)O. The van der Waals surface area contributed by atoms with Crippen molar-refractivity contribution in [1.82, 2.24) is 0 Å². The zero-order valence-corrected chi connectivity index (χ0v) is 8.67. The van der Waals surface area contributed by atoms with Gasteiger partial charge in [-0.15, -0.1) is 0 Å². The summed E-state index contributed by atoms with van der Waals surface area (Å²) in [6.45, 7) is 6.23. The van der Waals surface area contributed by atoms with Gasteiger partial charge in [0.15, 0.2) is 0 Å². The molecule has 5 heteroatoms. The lowest BCUT2D eigenvalue weighted by molar-refractivity contribution is 0.164. The van der Waals surface area contributed by atoms with Crippen molar-refractivity contribution in [1.29, 1.82) is 0 Å². The molecule has 0 atom stereocenters. The quantitative estimate of drug-likeness (QED) is 0.659. The van der Waals surface area contributed by atoms with Crippen LogP contribution in [0, 0.1) is 5.41 Å². The molecule has 0 bridgehead atoms. The van der Waals surface area contributed by atoms with Crippen molar-refractivity contribution < 1.29 is 18.9 Å². The Kier molecular flexibility index (Phi) is 4.42. The Morgan fingerprint density at radius 3 is 2.25 bits per heavy atom. The van der Waals surface area contributed by atoms with Gasteiger partial charge in [0, 0.05) is 0 Å². The van der Waals surface area contributed by atoms with E-state index in [0.29, 0.717) is 6.42 Å².